The number of benzene rings is 3. The molecule has 0 unspecified atom stereocenters. The SMILES string of the molecule is CC(=O)Nc1cc(C(=O)N(C)C[C@H]2Cc3ccccc3O2)c2c(c1)nc(C)n2Cc1ccccc1. The Balaban J connectivity index is 1.50. The highest BCUT2D eigenvalue weighted by Crippen LogP contribution is 2.30. The van der Waals surface area contributed by atoms with E-state index in [1.807, 2.05) is 49.4 Å². The lowest BCUT2D eigenvalue weighted by Crippen LogP contribution is -2.36. The number of aromatic nitrogens is 2. The van der Waals surface area contributed by atoms with Crippen LogP contribution >= 0.6 is 0 Å². The lowest BCUT2D eigenvalue weighted by atomic mass is 10.1. The van der Waals surface area contributed by atoms with Gasteiger partial charge in [-0.25, -0.2) is 4.98 Å². The molecular weight excluding hydrogens is 440 g/mol. The number of hydrogen-bond acceptors (Lipinski definition) is 4. The molecule has 35 heavy (non-hydrogen) atoms. The quantitative estimate of drug-likeness (QED) is 0.454. The van der Waals surface area contributed by atoms with Crippen LogP contribution in [0.1, 0.15) is 34.2 Å². The lowest BCUT2D eigenvalue weighted by molar-refractivity contribution is -0.114. The number of aryl methyl sites for hydroxylation is 1. The Morgan fingerprint density at radius 3 is 2.60 bits per heavy atom. The van der Waals surface area contributed by atoms with Gasteiger partial charge < -0.3 is 19.5 Å². The first-order chi connectivity index (χ1) is 16.9. The average molecular weight is 469 g/mol. The highest BCUT2D eigenvalue weighted by molar-refractivity contribution is 6.07. The Morgan fingerprint density at radius 1 is 1.11 bits per heavy atom. The number of carbonyl (C=O) groups excluding carboxylic acids is 2. The van der Waals surface area contributed by atoms with E-state index in [1.165, 1.54) is 6.92 Å². The van der Waals surface area contributed by atoms with Gasteiger partial charge in [-0.15, -0.1) is 0 Å². The first-order valence-electron chi connectivity index (χ1n) is 11.7. The van der Waals surface area contributed by atoms with Crippen LogP contribution in [0.2, 0.25) is 0 Å². The van der Waals surface area contributed by atoms with E-state index >= 15 is 0 Å². The standard InChI is InChI=1S/C28H28N4O3/c1-18-29-25-15-22(30-19(2)33)14-24(27(25)32(18)16-20-9-5-4-6-10-20)28(34)31(3)17-23-13-21-11-7-8-12-26(21)35-23/h4-12,14-15,23H,13,16-17H2,1-3H3,(H,30,33)/t23-/m1/s1. The van der Waals surface area contributed by atoms with Gasteiger partial charge in [0.2, 0.25) is 5.91 Å². The van der Waals surface area contributed by atoms with E-state index in [0.717, 1.165) is 34.6 Å². The van der Waals surface area contributed by atoms with Gasteiger partial charge >= 0.3 is 0 Å². The molecule has 0 spiro atoms. The van der Waals surface area contributed by atoms with Crippen molar-refractivity contribution in [3.05, 3.63) is 89.2 Å². The molecule has 3 aromatic carbocycles. The van der Waals surface area contributed by atoms with Crippen molar-refractivity contribution in [1.29, 1.82) is 0 Å². The molecule has 0 bridgehead atoms. The van der Waals surface area contributed by atoms with Crippen LogP contribution in [0.3, 0.4) is 0 Å². The highest BCUT2D eigenvalue weighted by Gasteiger charge is 2.27. The van der Waals surface area contributed by atoms with Crippen molar-refractivity contribution in [2.75, 3.05) is 18.9 Å². The average Bonchev–Trinajstić information content (AvgIpc) is 3.38. The molecule has 1 aliphatic rings. The fraction of sp³-hybridized carbons (Fsp3) is 0.250. The number of hydrogen-bond donors (Lipinski definition) is 1. The summed E-state index contributed by atoms with van der Waals surface area (Å²) in [7, 11) is 1.79. The molecule has 0 aliphatic carbocycles. The van der Waals surface area contributed by atoms with E-state index in [9.17, 15) is 9.59 Å². The van der Waals surface area contributed by atoms with Gasteiger partial charge in [0.15, 0.2) is 0 Å². The fourth-order valence-electron chi connectivity index (χ4n) is 4.73. The third kappa shape index (κ3) is 4.62. The molecule has 1 aromatic heterocycles. The van der Waals surface area contributed by atoms with Gasteiger partial charge in [0, 0.05) is 32.6 Å². The van der Waals surface area contributed by atoms with Crippen LogP contribution in [-0.2, 0) is 17.8 Å². The number of amides is 2. The number of anilines is 1. The number of fused-ring (bicyclic) bond motifs is 2. The Hall–Kier alpha value is -4.13. The number of ether oxygens (including phenoxy) is 1. The number of para-hydroxylation sites is 1. The summed E-state index contributed by atoms with van der Waals surface area (Å²) >= 11 is 0. The summed E-state index contributed by atoms with van der Waals surface area (Å²) in [6.07, 6.45) is 0.659. The summed E-state index contributed by atoms with van der Waals surface area (Å²) in [4.78, 5) is 32.0. The van der Waals surface area contributed by atoms with Crippen LogP contribution in [0.15, 0.2) is 66.7 Å². The zero-order valence-electron chi connectivity index (χ0n) is 20.1. The van der Waals surface area contributed by atoms with Crippen molar-refractivity contribution in [2.24, 2.45) is 0 Å². The molecule has 4 aromatic rings. The van der Waals surface area contributed by atoms with Gasteiger partial charge in [-0.1, -0.05) is 48.5 Å². The van der Waals surface area contributed by atoms with Crippen molar-refractivity contribution in [1.82, 2.24) is 14.5 Å². The normalized spacial score (nSPS) is 14.4. The number of likely N-dealkylation sites (N-methyl/N-ethyl adjacent to an activating group) is 1. The van der Waals surface area contributed by atoms with Crippen LogP contribution in [0.25, 0.3) is 11.0 Å². The summed E-state index contributed by atoms with van der Waals surface area (Å²) in [6, 6.07) is 21.6. The topological polar surface area (TPSA) is 76.5 Å². The van der Waals surface area contributed by atoms with Gasteiger partial charge in [0.05, 0.1) is 23.1 Å². The largest absolute Gasteiger partial charge is 0.488 e. The number of imidazole rings is 1. The van der Waals surface area contributed by atoms with Crippen molar-refractivity contribution < 1.29 is 14.3 Å². The van der Waals surface area contributed by atoms with Crippen LogP contribution in [0.5, 0.6) is 5.75 Å². The third-order valence-electron chi connectivity index (χ3n) is 6.30. The minimum Gasteiger partial charge on any atom is -0.488 e. The van der Waals surface area contributed by atoms with Crippen LogP contribution < -0.4 is 10.1 Å². The molecule has 1 atom stereocenters. The second-order valence-corrected chi connectivity index (χ2v) is 9.04. The molecule has 1 aliphatic heterocycles. The smallest absolute Gasteiger partial charge is 0.256 e. The van der Waals surface area contributed by atoms with Crippen molar-refractivity contribution in [2.45, 2.75) is 32.9 Å². The zero-order chi connectivity index (χ0) is 24.5. The summed E-state index contributed by atoms with van der Waals surface area (Å²) in [6.45, 7) is 4.42. The molecule has 0 fully saturated rings. The van der Waals surface area contributed by atoms with Gasteiger partial charge in [-0.2, -0.15) is 0 Å². The van der Waals surface area contributed by atoms with E-state index in [1.54, 1.807) is 18.0 Å². The molecule has 7 heteroatoms. The van der Waals surface area contributed by atoms with E-state index in [0.29, 0.717) is 29.9 Å². The predicted molar refractivity (Wildman–Crippen MR) is 136 cm³/mol. The van der Waals surface area contributed by atoms with Gasteiger partial charge in [-0.3, -0.25) is 9.59 Å². The molecule has 5 rings (SSSR count). The Labute approximate surface area is 204 Å². The molecule has 0 saturated heterocycles. The molecule has 0 radical (unpaired) electrons. The summed E-state index contributed by atoms with van der Waals surface area (Å²) < 4.78 is 8.13. The van der Waals surface area contributed by atoms with Crippen LogP contribution in [-0.4, -0.2) is 46.0 Å². The summed E-state index contributed by atoms with van der Waals surface area (Å²) in [5.41, 5.74) is 4.75. The highest BCUT2D eigenvalue weighted by atomic mass is 16.5. The summed E-state index contributed by atoms with van der Waals surface area (Å²) in [5.74, 6) is 1.34. The third-order valence-corrected chi connectivity index (χ3v) is 6.30. The molecule has 2 heterocycles. The number of nitrogens with one attached hydrogen (secondary N) is 1. The Bertz CT molecular complexity index is 1390. The Morgan fingerprint density at radius 2 is 1.86 bits per heavy atom. The molecular formula is C28H28N4O3. The maximum Gasteiger partial charge on any atom is 0.256 e. The van der Waals surface area contributed by atoms with Crippen LogP contribution in [0.4, 0.5) is 5.69 Å². The maximum absolute atomic E-state index is 13.8. The molecule has 7 nitrogen and oxygen atoms in total. The van der Waals surface area contributed by atoms with Crippen molar-refractivity contribution in [3.8, 4) is 5.75 Å². The second-order valence-electron chi connectivity index (χ2n) is 9.04. The van der Waals surface area contributed by atoms with Gasteiger partial charge in [0.25, 0.3) is 5.91 Å². The number of rotatable bonds is 6. The van der Waals surface area contributed by atoms with E-state index in [2.05, 4.69) is 28.1 Å². The molecule has 178 valence electrons. The minimum atomic E-state index is -0.200. The van der Waals surface area contributed by atoms with E-state index in [4.69, 9.17) is 9.72 Å². The monoisotopic (exact) mass is 468 g/mol. The lowest BCUT2D eigenvalue weighted by Gasteiger charge is -2.22. The number of carbonyl (C=O) groups is 2. The first-order valence-corrected chi connectivity index (χ1v) is 11.7. The molecule has 0 saturated carbocycles. The van der Waals surface area contributed by atoms with Crippen LogP contribution in [0, 0.1) is 6.92 Å². The maximum atomic E-state index is 13.8. The molecule has 2 amide bonds. The predicted octanol–water partition coefficient (Wildman–Crippen LogP) is 4.43. The van der Waals surface area contributed by atoms with Crippen molar-refractivity contribution >= 4 is 28.5 Å². The van der Waals surface area contributed by atoms with Gasteiger partial charge in [-0.05, 0) is 36.2 Å². The zero-order valence-corrected chi connectivity index (χ0v) is 20.1. The van der Waals surface area contributed by atoms with Crippen molar-refractivity contribution in [3.63, 3.8) is 0 Å². The Kier molecular flexibility index (Phi) is 5.99. The fourth-order valence-corrected chi connectivity index (χ4v) is 4.73. The molecule has 1 N–H and O–H groups in total. The minimum absolute atomic E-state index is 0.105. The number of nitrogens with zero attached hydrogens (tertiary/aromatic N) is 3. The first kappa shape index (κ1) is 22.7. The summed E-state index contributed by atoms with van der Waals surface area (Å²) in [5, 5.41) is 2.81. The van der Waals surface area contributed by atoms with Gasteiger partial charge in [0.1, 0.15) is 17.7 Å². The van der Waals surface area contributed by atoms with E-state index in [-0.39, 0.29) is 17.9 Å². The van der Waals surface area contributed by atoms with E-state index < -0.39 is 0 Å². The second kappa shape index (κ2) is 9.25.